The molecule has 1 aromatic carbocycles. The molecule has 1 saturated heterocycles. The van der Waals surface area contributed by atoms with E-state index < -0.39 is 10.0 Å². The third kappa shape index (κ3) is 4.21. The van der Waals surface area contributed by atoms with E-state index in [1.165, 1.54) is 22.2 Å². The minimum absolute atomic E-state index is 0.121. The topological polar surface area (TPSA) is 140 Å². The number of nitrogens with zero attached hydrogens (tertiary/aromatic N) is 8. The van der Waals surface area contributed by atoms with Crippen LogP contribution in [0.25, 0.3) is 33.8 Å². The molecule has 0 N–H and O–H groups in total. The molecule has 1 aliphatic carbocycles. The predicted molar refractivity (Wildman–Crippen MR) is 144 cm³/mol. The molecule has 7 rings (SSSR count). The van der Waals surface area contributed by atoms with E-state index in [-0.39, 0.29) is 22.7 Å². The van der Waals surface area contributed by atoms with Crippen LogP contribution in [0.4, 0.5) is 0 Å². The van der Waals surface area contributed by atoms with Gasteiger partial charge in [0, 0.05) is 24.1 Å². The van der Waals surface area contributed by atoms with Gasteiger partial charge in [-0.2, -0.15) is 9.90 Å². The number of rotatable bonds is 7. The first-order chi connectivity index (χ1) is 19.5. The Hall–Kier alpha value is -4.23. The minimum atomic E-state index is -4.09. The third-order valence-electron chi connectivity index (χ3n) is 7.19. The third-order valence-corrected chi connectivity index (χ3v) is 8.91. The van der Waals surface area contributed by atoms with Crippen molar-refractivity contribution in [3.05, 3.63) is 60.8 Å². The fourth-order valence-electron chi connectivity index (χ4n) is 5.06. The molecule has 0 spiro atoms. The zero-order chi connectivity index (χ0) is 27.3. The van der Waals surface area contributed by atoms with E-state index >= 15 is 0 Å². The van der Waals surface area contributed by atoms with E-state index in [4.69, 9.17) is 14.5 Å². The normalized spacial score (nSPS) is 17.8. The van der Waals surface area contributed by atoms with Gasteiger partial charge in [-0.25, -0.2) is 32.3 Å². The summed E-state index contributed by atoms with van der Waals surface area (Å²) in [5.74, 6) is 0.898. The van der Waals surface area contributed by atoms with E-state index in [2.05, 4.69) is 25.1 Å². The van der Waals surface area contributed by atoms with Crippen molar-refractivity contribution in [2.45, 2.75) is 49.1 Å². The molecule has 12 nitrogen and oxygen atoms in total. The van der Waals surface area contributed by atoms with Crippen LogP contribution in [0.1, 0.15) is 49.9 Å². The molecular formula is C27H26N8O4S. The SMILES string of the molecule is COc1ncnc(C2CC2)c1-c1ncc2cc(-c3cnn(C4CCCCO4)n3)n(S(=O)(=O)c3ccccc3)c2n1. The van der Waals surface area contributed by atoms with E-state index in [9.17, 15) is 8.42 Å². The van der Waals surface area contributed by atoms with E-state index in [1.54, 1.807) is 48.8 Å². The Morgan fingerprint density at radius 3 is 2.62 bits per heavy atom. The van der Waals surface area contributed by atoms with Gasteiger partial charge in [0.15, 0.2) is 17.7 Å². The van der Waals surface area contributed by atoms with Gasteiger partial charge >= 0.3 is 0 Å². The van der Waals surface area contributed by atoms with Crippen LogP contribution >= 0.6 is 0 Å². The van der Waals surface area contributed by atoms with Gasteiger partial charge in [-0.05, 0) is 50.3 Å². The lowest BCUT2D eigenvalue weighted by Gasteiger charge is -2.21. The van der Waals surface area contributed by atoms with Gasteiger partial charge in [-0.1, -0.05) is 18.2 Å². The molecule has 5 aromatic rings. The molecule has 4 aromatic heterocycles. The van der Waals surface area contributed by atoms with Gasteiger partial charge in [-0.15, -0.1) is 5.10 Å². The Morgan fingerprint density at radius 1 is 1.02 bits per heavy atom. The lowest BCUT2D eigenvalue weighted by molar-refractivity contribution is -0.0479. The Morgan fingerprint density at radius 2 is 1.88 bits per heavy atom. The largest absolute Gasteiger partial charge is 0.480 e. The molecule has 2 fully saturated rings. The van der Waals surface area contributed by atoms with E-state index in [1.807, 2.05) is 0 Å². The minimum Gasteiger partial charge on any atom is -0.480 e. The van der Waals surface area contributed by atoms with Crippen LogP contribution in [0.2, 0.25) is 0 Å². The van der Waals surface area contributed by atoms with Gasteiger partial charge < -0.3 is 9.47 Å². The summed E-state index contributed by atoms with van der Waals surface area (Å²) in [6.45, 7) is 0.637. The first kappa shape index (κ1) is 24.8. The summed E-state index contributed by atoms with van der Waals surface area (Å²) in [6, 6.07) is 9.96. The van der Waals surface area contributed by atoms with Crippen molar-refractivity contribution in [2.75, 3.05) is 13.7 Å². The van der Waals surface area contributed by atoms with Gasteiger partial charge in [0.1, 0.15) is 17.6 Å². The van der Waals surface area contributed by atoms with Crippen LogP contribution in [0, 0.1) is 0 Å². The number of hydrogen-bond acceptors (Lipinski definition) is 10. The Labute approximate surface area is 230 Å². The predicted octanol–water partition coefficient (Wildman–Crippen LogP) is 3.97. The van der Waals surface area contributed by atoms with E-state index in [0.29, 0.717) is 40.6 Å². The maximum Gasteiger partial charge on any atom is 0.269 e. The molecule has 1 unspecified atom stereocenters. The fraction of sp³-hybridized carbons (Fsp3) is 0.333. The summed E-state index contributed by atoms with van der Waals surface area (Å²) in [5.41, 5.74) is 2.28. The standard InChI is InChI=1S/C27H26N8O4S/c1-38-27-23(24(17-10-11-17)29-16-30-27)25-28-14-18-13-21(20-15-31-35(33-20)22-9-5-6-12-39-22)34(26(18)32-25)40(36,37)19-7-3-2-4-8-19/h2-4,7-8,13-17,22H,5-6,9-12H2,1H3. The molecule has 5 heterocycles. The van der Waals surface area contributed by atoms with Crippen LogP contribution in [-0.4, -0.2) is 61.0 Å². The van der Waals surface area contributed by atoms with Crippen molar-refractivity contribution < 1.29 is 17.9 Å². The van der Waals surface area contributed by atoms with Crippen molar-refractivity contribution in [1.29, 1.82) is 0 Å². The molecule has 1 atom stereocenters. The number of hydrogen-bond donors (Lipinski definition) is 0. The first-order valence-corrected chi connectivity index (χ1v) is 14.6. The van der Waals surface area contributed by atoms with Crippen molar-refractivity contribution >= 4 is 21.1 Å². The van der Waals surface area contributed by atoms with E-state index in [0.717, 1.165) is 37.8 Å². The van der Waals surface area contributed by atoms with Crippen LogP contribution in [0.5, 0.6) is 5.88 Å². The number of aromatic nitrogens is 8. The van der Waals surface area contributed by atoms with Gasteiger partial charge in [0.05, 0.1) is 29.6 Å². The van der Waals surface area contributed by atoms with Crippen molar-refractivity contribution in [1.82, 2.24) is 38.9 Å². The summed E-state index contributed by atoms with van der Waals surface area (Å²) in [6.07, 6.45) is 9.13. The Bertz CT molecular complexity index is 1810. The molecule has 0 radical (unpaired) electrons. The smallest absolute Gasteiger partial charge is 0.269 e. The quantitative estimate of drug-likeness (QED) is 0.288. The number of benzene rings is 1. The number of methoxy groups -OCH3 is 1. The van der Waals surface area contributed by atoms with Gasteiger partial charge in [0.2, 0.25) is 5.88 Å². The fourth-order valence-corrected chi connectivity index (χ4v) is 6.55. The molecule has 204 valence electrons. The zero-order valence-electron chi connectivity index (χ0n) is 21.7. The highest BCUT2D eigenvalue weighted by Crippen LogP contribution is 2.45. The molecule has 0 amide bonds. The average Bonchev–Trinajstić information content (AvgIpc) is 3.59. The van der Waals surface area contributed by atoms with Crippen molar-refractivity contribution in [2.24, 2.45) is 0 Å². The second kappa shape index (κ2) is 9.75. The maximum atomic E-state index is 14.1. The summed E-state index contributed by atoms with van der Waals surface area (Å²) in [5, 5.41) is 9.57. The van der Waals surface area contributed by atoms with Crippen LogP contribution < -0.4 is 4.74 Å². The highest BCUT2D eigenvalue weighted by molar-refractivity contribution is 7.90. The monoisotopic (exact) mass is 558 g/mol. The molecule has 40 heavy (non-hydrogen) atoms. The average molecular weight is 559 g/mol. The molecule has 2 aliphatic rings. The van der Waals surface area contributed by atoms with Crippen LogP contribution in [0.15, 0.2) is 60.0 Å². The van der Waals surface area contributed by atoms with Gasteiger partial charge in [0.25, 0.3) is 10.0 Å². The van der Waals surface area contributed by atoms with Crippen molar-refractivity contribution in [3.8, 4) is 28.7 Å². The number of ether oxygens (including phenoxy) is 2. The molecular weight excluding hydrogens is 532 g/mol. The zero-order valence-corrected chi connectivity index (χ0v) is 22.5. The molecule has 1 saturated carbocycles. The molecule has 0 bridgehead atoms. The Kier molecular flexibility index (Phi) is 6.04. The Balaban J connectivity index is 1.44. The number of fused-ring (bicyclic) bond motifs is 1. The summed E-state index contributed by atoms with van der Waals surface area (Å²) >= 11 is 0. The second-order valence-electron chi connectivity index (χ2n) is 9.87. The second-order valence-corrected chi connectivity index (χ2v) is 11.7. The lowest BCUT2D eigenvalue weighted by atomic mass is 10.1. The first-order valence-electron chi connectivity index (χ1n) is 13.2. The highest BCUT2D eigenvalue weighted by atomic mass is 32.2. The summed E-state index contributed by atoms with van der Waals surface area (Å²) in [7, 11) is -2.56. The van der Waals surface area contributed by atoms with Crippen LogP contribution in [0.3, 0.4) is 0 Å². The van der Waals surface area contributed by atoms with Crippen LogP contribution in [-0.2, 0) is 14.8 Å². The highest BCUT2D eigenvalue weighted by Gasteiger charge is 2.33. The molecule has 13 heteroatoms. The maximum absolute atomic E-state index is 14.1. The van der Waals surface area contributed by atoms with Crippen molar-refractivity contribution in [3.63, 3.8) is 0 Å². The molecule has 1 aliphatic heterocycles. The summed E-state index contributed by atoms with van der Waals surface area (Å²) < 4.78 is 40.9. The van der Waals surface area contributed by atoms with Gasteiger partial charge in [-0.3, -0.25) is 0 Å². The lowest BCUT2D eigenvalue weighted by Crippen LogP contribution is -2.20. The summed E-state index contributed by atoms with van der Waals surface area (Å²) in [4.78, 5) is 19.8.